The van der Waals surface area contributed by atoms with Crippen molar-refractivity contribution in [3.8, 4) is 39.1 Å². The van der Waals surface area contributed by atoms with Crippen molar-refractivity contribution >= 4 is 93.5 Å². The molecule has 0 aliphatic heterocycles. The van der Waals surface area contributed by atoms with Gasteiger partial charge in [0.1, 0.15) is 22.3 Å². The highest BCUT2D eigenvalue weighted by molar-refractivity contribution is 6.18. The summed E-state index contributed by atoms with van der Waals surface area (Å²) in [4.78, 5) is 2.40. The average molecular weight is 869 g/mol. The first-order valence-electron chi connectivity index (χ1n) is 23.2. The molecule has 0 amide bonds. The van der Waals surface area contributed by atoms with Crippen LogP contribution >= 0.6 is 0 Å². The van der Waals surface area contributed by atoms with Crippen LogP contribution in [0, 0.1) is 0 Å². The summed E-state index contributed by atoms with van der Waals surface area (Å²) in [6, 6.07) is 86.8. The van der Waals surface area contributed by atoms with Gasteiger partial charge in [-0.25, -0.2) is 0 Å². The van der Waals surface area contributed by atoms with E-state index in [9.17, 15) is 0 Å². The minimum absolute atomic E-state index is 0.836. The molecule has 11 aromatic carbocycles. The first kappa shape index (κ1) is 38.2. The number of furan rings is 2. The molecule has 0 bridgehead atoms. The van der Waals surface area contributed by atoms with Crippen molar-refractivity contribution in [2.75, 3.05) is 4.90 Å². The molecule has 4 heteroatoms. The normalized spacial score (nSPS) is 11.8. The number of benzene rings is 11. The largest absolute Gasteiger partial charge is 0.455 e. The lowest BCUT2D eigenvalue weighted by Crippen LogP contribution is -2.12. The molecule has 0 radical (unpaired) electrons. The molecule has 0 fully saturated rings. The number of hydrogen-bond donors (Lipinski definition) is 0. The highest BCUT2D eigenvalue weighted by Gasteiger charge is 2.25. The van der Waals surface area contributed by atoms with E-state index in [2.05, 4.69) is 246 Å². The van der Waals surface area contributed by atoms with Crippen LogP contribution in [0.25, 0.3) is 116 Å². The van der Waals surface area contributed by atoms with Crippen LogP contribution in [-0.4, -0.2) is 4.57 Å². The number of fused-ring (bicyclic) bond motifs is 10. The number of rotatable bonds is 7. The molecule has 4 nitrogen and oxygen atoms in total. The van der Waals surface area contributed by atoms with Gasteiger partial charge in [0, 0.05) is 55.0 Å². The van der Waals surface area contributed by atoms with Crippen molar-refractivity contribution in [3.05, 3.63) is 243 Å². The Hall–Kier alpha value is -9.12. The van der Waals surface area contributed by atoms with E-state index in [0.29, 0.717) is 0 Å². The second-order valence-corrected chi connectivity index (χ2v) is 17.6. The van der Waals surface area contributed by atoms with Crippen LogP contribution < -0.4 is 4.90 Å². The molecule has 0 aliphatic carbocycles. The number of para-hydroxylation sites is 6. The molecule has 3 aromatic heterocycles. The molecule has 318 valence electrons. The van der Waals surface area contributed by atoms with Gasteiger partial charge in [-0.15, -0.1) is 0 Å². The standard InChI is InChI=1S/C64H40N2O2/c1-2-15-44-40-45(29-28-41(44)14-1)42-30-34-47(35-31-42)66(58-25-10-5-18-51(58)53-21-13-22-54-52-19-6-11-26-60(52)67-63(53)54)59-39-38-48(64-62(59)55-20-7-12-27-61(55)68-64)43-32-36-46(37-33-43)65-56-23-8-3-16-49(56)50-17-4-9-24-57(50)65/h1-40H. The van der Waals surface area contributed by atoms with Crippen LogP contribution in [0.2, 0.25) is 0 Å². The molecular weight excluding hydrogens is 829 g/mol. The van der Waals surface area contributed by atoms with Gasteiger partial charge < -0.3 is 18.3 Å². The average Bonchev–Trinajstić information content (AvgIpc) is 4.10. The molecule has 68 heavy (non-hydrogen) atoms. The Bertz CT molecular complexity index is 4210. The van der Waals surface area contributed by atoms with Gasteiger partial charge in [-0.05, 0) is 100 Å². The topological polar surface area (TPSA) is 34.5 Å². The fourth-order valence-electron chi connectivity index (χ4n) is 10.7. The summed E-state index contributed by atoms with van der Waals surface area (Å²) in [7, 11) is 0. The third-order valence-electron chi connectivity index (χ3n) is 13.8. The zero-order valence-corrected chi connectivity index (χ0v) is 36.8. The summed E-state index contributed by atoms with van der Waals surface area (Å²) in [5.41, 5.74) is 16.5. The van der Waals surface area contributed by atoms with Crippen molar-refractivity contribution in [1.29, 1.82) is 0 Å². The van der Waals surface area contributed by atoms with Gasteiger partial charge in [0.25, 0.3) is 0 Å². The molecule has 0 N–H and O–H groups in total. The zero-order valence-electron chi connectivity index (χ0n) is 36.8. The Morgan fingerprint density at radius 3 is 1.68 bits per heavy atom. The van der Waals surface area contributed by atoms with Gasteiger partial charge in [-0.2, -0.15) is 0 Å². The van der Waals surface area contributed by atoms with Crippen LogP contribution in [0.5, 0.6) is 0 Å². The summed E-state index contributed by atoms with van der Waals surface area (Å²) in [6.07, 6.45) is 0. The van der Waals surface area contributed by atoms with Crippen molar-refractivity contribution in [2.45, 2.75) is 0 Å². The van der Waals surface area contributed by atoms with Gasteiger partial charge in [0.2, 0.25) is 0 Å². The van der Waals surface area contributed by atoms with E-state index in [1.807, 2.05) is 6.07 Å². The minimum atomic E-state index is 0.836. The summed E-state index contributed by atoms with van der Waals surface area (Å²) in [5.74, 6) is 0. The Morgan fingerprint density at radius 2 is 0.897 bits per heavy atom. The molecular formula is C64H40N2O2. The summed E-state index contributed by atoms with van der Waals surface area (Å²) < 4.78 is 16.1. The van der Waals surface area contributed by atoms with E-state index in [4.69, 9.17) is 8.83 Å². The van der Waals surface area contributed by atoms with Gasteiger partial charge in [0.05, 0.1) is 27.8 Å². The van der Waals surface area contributed by atoms with E-state index >= 15 is 0 Å². The maximum absolute atomic E-state index is 6.99. The summed E-state index contributed by atoms with van der Waals surface area (Å²) in [5, 5.41) is 9.24. The van der Waals surface area contributed by atoms with Crippen molar-refractivity contribution in [3.63, 3.8) is 0 Å². The SMILES string of the molecule is c1ccc(N(c2ccc(-c3ccc4ccccc4c3)cc2)c2ccc(-c3ccc(-n4c5ccccc5c5ccccc54)cc3)c3oc4ccccc4c23)c(-c2cccc3c2oc2ccccc23)c1. The highest BCUT2D eigenvalue weighted by Crippen LogP contribution is 2.50. The van der Waals surface area contributed by atoms with Crippen LogP contribution in [0.15, 0.2) is 251 Å². The van der Waals surface area contributed by atoms with Crippen LogP contribution in [0.4, 0.5) is 17.1 Å². The summed E-state index contributed by atoms with van der Waals surface area (Å²) in [6.45, 7) is 0. The highest BCUT2D eigenvalue weighted by atomic mass is 16.3. The predicted octanol–water partition coefficient (Wildman–Crippen LogP) is 18.2. The van der Waals surface area contributed by atoms with Crippen molar-refractivity contribution in [2.24, 2.45) is 0 Å². The minimum Gasteiger partial charge on any atom is -0.455 e. The molecule has 0 unspecified atom stereocenters. The lowest BCUT2D eigenvalue weighted by atomic mass is 9.96. The molecule has 0 aliphatic rings. The van der Waals surface area contributed by atoms with Gasteiger partial charge in [-0.3, -0.25) is 0 Å². The van der Waals surface area contributed by atoms with Crippen LogP contribution in [-0.2, 0) is 0 Å². The number of hydrogen-bond acceptors (Lipinski definition) is 3. The van der Waals surface area contributed by atoms with E-state index in [0.717, 1.165) is 94.4 Å². The molecule has 14 rings (SSSR count). The molecule has 14 aromatic rings. The Kier molecular flexibility index (Phi) is 8.55. The Labute approximate surface area is 391 Å². The molecule has 0 saturated carbocycles. The zero-order chi connectivity index (χ0) is 44.7. The third-order valence-corrected chi connectivity index (χ3v) is 13.8. The predicted molar refractivity (Wildman–Crippen MR) is 284 cm³/mol. The second-order valence-electron chi connectivity index (χ2n) is 17.6. The molecule has 3 heterocycles. The van der Waals surface area contributed by atoms with Gasteiger partial charge in [-0.1, -0.05) is 170 Å². The first-order valence-corrected chi connectivity index (χ1v) is 23.2. The monoisotopic (exact) mass is 868 g/mol. The lowest BCUT2D eigenvalue weighted by molar-refractivity contribution is 0.669. The lowest BCUT2D eigenvalue weighted by Gasteiger charge is -2.29. The van der Waals surface area contributed by atoms with Crippen molar-refractivity contribution in [1.82, 2.24) is 4.57 Å². The second kappa shape index (κ2) is 15.2. The Balaban J connectivity index is 0.969. The van der Waals surface area contributed by atoms with E-state index in [-0.39, 0.29) is 0 Å². The summed E-state index contributed by atoms with van der Waals surface area (Å²) >= 11 is 0. The molecule has 0 atom stereocenters. The molecule has 0 saturated heterocycles. The third kappa shape index (κ3) is 5.94. The molecule has 0 spiro atoms. The maximum atomic E-state index is 6.99. The van der Waals surface area contributed by atoms with E-state index in [1.165, 1.54) is 38.1 Å². The smallest absolute Gasteiger partial charge is 0.145 e. The van der Waals surface area contributed by atoms with E-state index < -0.39 is 0 Å². The number of aromatic nitrogens is 1. The van der Waals surface area contributed by atoms with E-state index in [1.54, 1.807) is 0 Å². The Morgan fingerprint density at radius 1 is 0.324 bits per heavy atom. The number of anilines is 3. The van der Waals surface area contributed by atoms with Crippen molar-refractivity contribution < 1.29 is 8.83 Å². The maximum Gasteiger partial charge on any atom is 0.145 e. The fourth-order valence-corrected chi connectivity index (χ4v) is 10.7. The van der Waals surface area contributed by atoms with Crippen LogP contribution in [0.1, 0.15) is 0 Å². The van der Waals surface area contributed by atoms with Crippen LogP contribution in [0.3, 0.4) is 0 Å². The van der Waals surface area contributed by atoms with Gasteiger partial charge in [0.15, 0.2) is 0 Å². The fraction of sp³-hybridized carbons (Fsp3) is 0. The number of nitrogens with zero attached hydrogens (tertiary/aromatic N) is 2. The first-order chi connectivity index (χ1) is 33.7. The quantitative estimate of drug-likeness (QED) is 0.160. The van der Waals surface area contributed by atoms with Gasteiger partial charge >= 0.3 is 0 Å².